The lowest BCUT2D eigenvalue weighted by Crippen LogP contribution is -2.31. The van der Waals surface area contributed by atoms with Crippen LogP contribution in [-0.2, 0) is 4.74 Å². The third kappa shape index (κ3) is 4.45. The highest BCUT2D eigenvalue weighted by atomic mass is 32.1. The average Bonchev–Trinajstić information content (AvgIpc) is 2.88. The maximum atomic E-state index is 11.8. The number of hydrazone groups is 1. The number of ether oxygens (including phenoxy) is 1. The first-order valence-electron chi connectivity index (χ1n) is 7.92. The Kier molecular flexibility index (Phi) is 6.30. The van der Waals surface area contributed by atoms with Crippen molar-refractivity contribution in [1.82, 2.24) is 15.3 Å². The van der Waals surface area contributed by atoms with Crippen LogP contribution in [0.15, 0.2) is 35.4 Å². The molecular weight excluding hydrogens is 336 g/mol. The molecule has 1 heterocycles. The van der Waals surface area contributed by atoms with Crippen LogP contribution in [0.1, 0.15) is 34.2 Å². The largest absolute Gasteiger partial charge is 0.465 e. The maximum absolute atomic E-state index is 11.8. The van der Waals surface area contributed by atoms with Gasteiger partial charge in [0.25, 0.3) is 0 Å². The number of esters is 1. The number of aromatic nitrogens is 1. The normalized spacial score (nSPS) is 10.7. The molecule has 1 aromatic carbocycles. The van der Waals surface area contributed by atoms with Gasteiger partial charge in [0.05, 0.1) is 18.9 Å². The highest BCUT2D eigenvalue weighted by molar-refractivity contribution is 7.80. The summed E-state index contributed by atoms with van der Waals surface area (Å²) in [7, 11) is 1.38. The van der Waals surface area contributed by atoms with Gasteiger partial charge in [0.2, 0.25) is 0 Å². The van der Waals surface area contributed by atoms with Gasteiger partial charge in [-0.2, -0.15) is 5.10 Å². The van der Waals surface area contributed by atoms with Crippen LogP contribution in [0, 0.1) is 13.8 Å². The first-order valence-corrected chi connectivity index (χ1v) is 8.33. The second-order valence-corrected chi connectivity index (χ2v) is 5.84. The van der Waals surface area contributed by atoms with Gasteiger partial charge in [-0.1, -0.05) is 6.07 Å². The van der Waals surface area contributed by atoms with E-state index in [9.17, 15) is 4.79 Å². The fourth-order valence-corrected chi connectivity index (χ4v) is 2.76. The molecule has 0 unspecified atom stereocenters. The fraction of sp³-hybridized carbons (Fsp3) is 0.278. The number of nitrogens with one attached hydrogen (secondary N) is 2. The third-order valence-electron chi connectivity index (χ3n) is 3.70. The summed E-state index contributed by atoms with van der Waals surface area (Å²) in [6, 6.07) is 9.36. The smallest absolute Gasteiger partial charge is 0.337 e. The van der Waals surface area contributed by atoms with Crippen molar-refractivity contribution in [2.24, 2.45) is 5.10 Å². The van der Waals surface area contributed by atoms with Gasteiger partial charge < -0.3 is 14.6 Å². The van der Waals surface area contributed by atoms with E-state index in [0.29, 0.717) is 10.7 Å². The molecule has 2 rings (SSSR count). The van der Waals surface area contributed by atoms with E-state index in [2.05, 4.69) is 20.4 Å². The Morgan fingerprint density at radius 3 is 2.80 bits per heavy atom. The van der Waals surface area contributed by atoms with Crippen LogP contribution in [0.2, 0.25) is 0 Å². The maximum Gasteiger partial charge on any atom is 0.337 e. The van der Waals surface area contributed by atoms with Crippen molar-refractivity contribution in [3.63, 3.8) is 0 Å². The Balaban J connectivity index is 2.29. The first-order chi connectivity index (χ1) is 12.0. The van der Waals surface area contributed by atoms with Gasteiger partial charge in [-0.15, -0.1) is 0 Å². The summed E-state index contributed by atoms with van der Waals surface area (Å²) < 4.78 is 6.86. The molecule has 132 valence electrons. The van der Waals surface area contributed by atoms with Crippen molar-refractivity contribution in [2.75, 3.05) is 13.7 Å². The molecule has 2 N–H and O–H groups in total. The second-order valence-electron chi connectivity index (χ2n) is 5.43. The molecule has 0 bridgehead atoms. The molecule has 0 spiro atoms. The molecule has 0 aliphatic carbocycles. The summed E-state index contributed by atoms with van der Waals surface area (Å²) in [4.78, 5) is 11.8. The zero-order valence-electron chi connectivity index (χ0n) is 14.8. The molecule has 1 aromatic heterocycles. The standard InChI is InChI=1S/C18H22N4O2S/c1-5-19-18(25)21-20-11-15-9-12(2)22(13(15)3)16-8-6-7-14(10-16)17(23)24-4/h6-11H,5H2,1-4H3,(H2,19,21,25). The van der Waals surface area contributed by atoms with Crippen molar-refractivity contribution >= 4 is 29.5 Å². The summed E-state index contributed by atoms with van der Waals surface area (Å²) in [6.45, 7) is 6.72. The molecule has 25 heavy (non-hydrogen) atoms. The summed E-state index contributed by atoms with van der Waals surface area (Å²) in [5.74, 6) is -0.354. The van der Waals surface area contributed by atoms with Crippen LogP contribution in [0.3, 0.4) is 0 Å². The van der Waals surface area contributed by atoms with Gasteiger partial charge in [0.1, 0.15) is 0 Å². The number of rotatable bonds is 5. The summed E-state index contributed by atoms with van der Waals surface area (Å²) in [5.41, 5.74) is 7.21. The van der Waals surface area contributed by atoms with Crippen LogP contribution >= 0.6 is 12.2 Å². The SMILES string of the molecule is CCNC(=S)NN=Cc1cc(C)n(-c2cccc(C(=O)OC)c2)c1C. The van der Waals surface area contributed by atoms with Crippen molar-refractivity contribution in [2.45, 2.75) is 20.8 Å². The van der Waals surface area contributed by atoms with Gasteiger partial charge in [-0.3, -0.25) is 5.43 Å². The van der Waals surface area contributed by atoms with Gasteiger partial charge in [-0.05, 0) is 57.3 Å². The quantitative estimate of drug-likeness (QED) is 0.372. The fourth-order valence-electron chi connectivity index (χ4n) is 2.57. The Labute approximate surface area is 152 Å². The lowest BCUT2D eigenvalue weighted by atomic mass is 10.2. The van der Waals surface area contributed by atoms with Gasteiger partial charge in [0.15, 0.2) is 5.11 Å². The molecule has 0 radical (unpaired) electrons. The van der Waals surface area contributed by atoms with Crippen molar-refractivity contribution < 1.29 is 9.53 Å². The first kappa shape index (κ1) is 18.7. The Morgan fingerprint density at radius 2 is 2.12 bits per heavy atom. The third-order valence-corrected chi connectivity index (χ3v) is 3.94. The van der Waals surface area contributed by atoms with Crippen LogP contribution in [0.25, 0.3) is 5.69 Å². The van der Waals surface area contributed by atoms with Crippen molar-refractivity contribution in [3.8, 4) is 5.69 Å². The number of hydrogen-bond donors (Lipinski definition) is 2. The van der Waals surface area contributed by atoms with E-state index in [4.69, 9.17) is 17.0 Å². The molecule has 0 aliphatic heterocycles. The van der Waals surface area contributed by atoms with Crippen molar-refractivity contribution in [3.05, 3.63) is 52.8 Å². The lowest BCUT2D eigenvalue weighted by molar-refractivity contribution is 0.0600. The van der Waals surface area contributed by atoms with E-state index in [1.807, 2.05) is 45.0 Å². The number of methoxy groups -OCH3 is 1. The molecule has 0 fully saturated rings. The number of carbonyl (C=O) groups excluding carboxylic acids is 1. The molecule has 0 amide bonds. The molecule has 0 saturated carbocycles. The zero-order valence-corrected chi connectivity index (χ0v) is 15.6. The minimum atomic E-state index is -0.354. The van der Waals surface area contributed by atoms with Gasteiger partial charge in [0, 0.05) is 29.2 Å². The second kappa shape index (κ2) is 8.43. The van der Waals surface area contributed by atoms with Crippen LogP contribution in [0.4, 0.5) is 0 Å². The Bertz CT molecular complexity index is 811. The highest BCUT2D eigenvalue weighted by Gasteiger charge is 2.12. The minimum Gasteiger partial charge on any atom is -0.465 e. The predicted octanol–water partition coefficient (Wildman–Crippen LogP) is 2.70. The van der Waals surface area contributed by atoms with E-state index in [-0.39, 0.29) is 5.97 Å². The molecule has 7 heteroatoms. The van der Waals surface area contributed by atoms with Gasteiger partial charge in [-0.25, -0.2) is 4.79 Å². The average molecular weight is 358 g/mol. The van der Waals surface area contributed by atoms with Crippen molar-refractivity contribution in [1.29, 1.82) is 0 Å². The number of hydrogen-bond acceptors (Lipinski definition) is 4. The Morgan fingerprint density at radius 1 is 1.36 bits per heavy atom. The number of aryl methyl sites for hydroxylation is 1. The Hall–Kier alpha value is -2.67. The van der Waals surface area contributed by atoms with E-state index in [0.717, 1.165) is 29.2 Å². The zero-order chi connectivity index (χ0) is 18.4. The summed E-state index contributed by atoms with van der Waals surface area (Å²) in [5, 5.41) is 7.62. The van der Waals surface area contributed by atoms with E-state index >= 15 is 0 Å². The monoisotopic (exact) mass is 358 g/mol. The molecule has 0 aliphatic rings. The number of benzene rings is 1. The summed E-state index contributed by atoms with van der Waals surface area (Å²) in [6.07, 6.45) is 1.73. The van der Waals surface area contributed by atoms with E-state index in [1.54, 1.807) is 12.3 Å². The molecule has 2 aromatic rings. The molecule has 0 saturated heterocycles. The molecule has 0 atom stereocenters. The number of thiocarbonyl (C=S) groups is 1. The summed E-state index contributed by atoms with van der Waals surface area (Å²) >= 11 is 5.07. The number of carbonyl (C=O) groups is 1. The predicted molar refractivity (Wildman–Crippen MR) is 104 cm³/mol. The van der Waals surface area contributed by atoms with Crippen LogP contribution < -0.4 is 10.7 Å². The highest BCUT2D eigenvalue weighted by Crippen LogP contribution is 2.21. The van der Waals surface area contributed by atoms with E-state index in [1.165, 1.54) is 7.11 Å². The lowest BCUT2D eigenvalue weighted by Gasteiger charge is -2.11. The number of nitrogens with zero attached hydrogens (tertiary/aromatic N) is 2. The molecule has 6 nitrogen and oxygen atoms in total. The minimum absolute atomic E-state index is 0.354. The van der Waals surface area contributed by atoms with E-state index < -0.39 is 0 Å². The van der Waals surface area contributed by atoms with Crippen LogP contribution in [-0.4, -0.2) is 35.5 Å². The topological polar surface area (TPSA) is 67.7 Å². The van der Waals surface area contributed by atoms with Gasteiger partial charge >= 0.3 is 5.97 Å². The van der Waals surface area contributed by atoms with Crippen LogP contribution in [0.5, 0.6) is 0 Å². The molecular formula is C18H22N4O2S.